The molecule has 0 bridgehead atoms. The third kappa shape index (κ3) is 8.21. The maximum absolute atomic E-state index is 2.20. The minimum absolute atomic E-state index is 1.32. The summed E-state index contributed by atoms with van der Waals surface area (Å²) in [5.41, 5.74) is 3.98. The average molecular weight is 309 g/mol. The van der Waals surface area contributed by atoms with Crippen molar-refractivity contribution in [2.24, 2.45) is 0 Å². The van der Waals surface area contributed by atoms with E-state index < -0.39 is 0 Å². The van der Waals surface area contributed by atoms with Gasteiger partial charge in [0.15, 0.2) is 0 Å². The van der Waals surface area contributed by atoms with Crippen molar-refractivity contribution in [3.63, 3.8) is 0 Å². The molecule has 0 aromatic heterocycles. The van der Waals surface area contributed by atoms with Gasteiger partial charge in [-0.3, -0.25) is 0 Å². The smallest absolute Gasteiger partial charge is 0.0181 e. The lowest BCUT2D eigenvalue weighted by Gasteiger charge is -1.96. The standard InChI is InChI=1S/C11H10.C8H10.2C2H6/c1-9-6-7-10-4-2-3-5-11(10)8-9;1-7-3-5-8(2)6-4-7;2*1-2/h2-8H,1H3;3-6H,1-2H3;2*1-2H3. The van der Waals surface area contributed by atoms with Gasteiger partial charge >= 0.3 is 0 Å². The number of hydrogen-bond acceptors (Lipinski definition) is 0. The maximum Gasteiger partial charge on any atom is -0.0181 e. The van der Waals surface area contributed by atoms with Crippen LogP contribution in [0.4, 0.5) is 0 Å². The molecule has 124 valence electrons. The van der Waals surface area contributed by atoms with Crippen molar-refractivity contribution in [2.45, 2.75) is 48.5 Å². The Morgan fingerprint density at radius 3 is 1.30 bits per heavy atom. The third-order valence-corrected chi connectivity index (χ3v) is 3.12. The highest BCUT2D eigenvalue weighted by atomic mass is 13.9. The number of rotatable bonds is 0. The fraction of sp³-hybridized carbons (Fsp3) is 0.304. The molecule has 0 fully saturated rings. The molecule has 0 nitrogen and oxygen atoms in total. The van der Waals surface area contributed by atoms with Crippen molar-refractivity contribution in [1.82, 2.24) is 0 Å². The summed E-state index contributed by atoms with van der Waals surface area (Å²) in [6.45, 7) is 14.3. The Morgan fingerprint density at radius 1 is 0.435 bits per heavy atom. The predicted molar refractivity (Wildman–Crippen MR) is 107 cm³/mol. The van der Waals surface area contributed by atoms with Gasteiger partial charge in [-0.1, -0.05) is 111 Å². The largest absolute Gasteiger partial charge is 0.0683 e. The van der Waals surface area contributed by atoms with Gasteiger partial charge in [-0.25, -0.2) is 0 Å². The van der Waals surface area contributed by atoms with Gasteiger partial charge < -0.3 is 0 Å². The lowest BCUT2D eigenvalue weighted by Crippen LogP contribution is -1.73. The molecular weight excluding hydrogens is 276 g/mol. The average Bonchev–Trinajstić information content (AvgIpc) is 2.61. The van der Waals surface area contributed by atoms with Gasteiger partial charge in [-0.2, -0.15) is 0 Å². The van der Waals surface area contributed by atoms with E-state index in [1.165, 1.54) is 27.5 Å². The highest BCUT2D eigenvalue weighted by molar-refractivity contribution is 5.82. The molecule has 0 heteroatoms. The molecule has 3 aromatic rings. The topological polar surface area (TPSA) is 0 Å². The first-order valence-electron chi connectivity index (χ1n) is 8.64. The molecule has 0 aliphatic carbocycles. The molecule has 0 N–H and O–H groups in total. The van der Waals surface area contributed by atoms with Gasteiger partial charge in [0.05, 0.1) is 0 Å². The molecule has 3 aromatic carbocycles. The van der Waals surface area contributed by atoms with E-state index in [1.54, 1.807) is 0 Å². The number of benzene rings is 3. The van der Waals surface area contributed by atoms with Gasteiger partial charge in [0.2, 0.25) is 0 Å². The molecule has 0 aliphatic heterocycles. The number of fused-ring (bicyclic) bond motifs is 1. The fourth-order valence-electron chi connectivity index (χ4n) is 1.95. The van der Waals surface area contributed by atoms with E-state index in [4.69, 9.17) is 0 Å². The van der Waals surface area contributed by atoms with Crippen LogP contribution in [-0.4, -0.2) is 0 Å². The predicted octanol–water partition coefficient (Wildman–Crippen LogP) is 7.50. The summed E-state index contributed by atoms with van der Waals surface area (Å²) in [7, 11) is 0. The highest BCUT2D eigenvalue weighted by Crippen LogP contribution is 2.14. The van der Waals surface area contributed by atoms with E-state index in [0.717, 1.165) is 0 Å². The normalized spacial score (nSPS) is 8.65. The summed E-state index contributed by atoms with van der Waals surface area (Å²) < 4.78 is 0. The molecule has 0 radical (unpaired) electrons. The van der Waals surface area contributed by atoms with E-state index >= 15 is 0 Å². The Kier molecular flexibility index (Phi) is 11.3. The zero-order valence-electron chi connectivity index (χ0n) is 15.9. The molecule has 0 saturated carbocycles. The number of aryl methyl sites for hydroxylation is 3. The lowest BCUT2D eigenvalue weighted by atomic mass is 10.1. The van der Waals surface area contributed by atoms with Gasteiger partial charge in [-0.15, -0.1) is 0 Å². The quantitative estimate of drug-likeness (QED) is 0.403. The Hall–Kier alpha value is -2.08. The zero-order valence-corrected chi connectivity index (χ0v) is 15.9. The molecule has 3 rings (SSSR count). The van der Waals surface area contributed by atoms with Crippen molar-refractivity contribution in [3.05, 3.63) is 83.4 Å². The first-order valence-corrected chi connectivity index (χ1v) is 8.64. The van der Waals surface area contributed by atoms with Gasteiger partial charge in [0, 0.05) is 0 Å². The van der Waals surface area contributed by atoms with Crippen LogP contribution in [0.15, 0.2) is 66.7 Å². The van der Waals surface area contributed by atoms with Crippen LogP contribution in [0, 0.1) is 20.8 Å². The monoisotopic (exact) mass is 308 g/mol. The Bertz CT molecular complexity index is 627. The van der Waals surface area contributed by atoms with E-state index in [-0.39, 0.29) is 0 Å². The second kappa shape index (κ2) is 12.5. The molecule has 0 atom stereocenters. The molecular formula is C23H32. The summed E-state index contributed by atoms with van der Waals surface area (Å²) >= 11 is 0. The van der Waals surface area contributed by atoms with Crippen LogP contribution >= 0.6 is 0 Å². The van der Waals surface area contributed by atoms with Gasteiger partial charge in [0.25, 0.3) is 0 Å². The maximum atomic E-state index is 2.20. The van der Waals surface area contributed by atoms with E-state index in [1.807, 2.05) is 27.7 Å². The molecule has 23 heavy (non-hydrogen) atoms. The first-order chi connectivity index (χ1) is 11.1. The van der Waals surface area contributed by atoms with Crippen molar-refractivity contribution >= 4 is 10.8 Å². The van der Waals surface area contributed by atoms with Gasteiger partial charge in [-0.05, 0) is 31.5 Å². The third-order valence-electron chi connectivity index (χ3n) is 3.12. The van der Waals surface area contributed by atoms with Gasteiger partial charge in [0.1, 0.15) is 0 Å². The van der Waals surface area contributed by atoms with Crippen LogP contribution in [-0.2, 0) is 0 Å². The van der Waals surface area contributed by atoms with Crippen LogP contribution < -0.4 is 0 Å². The molecule has 0 spiro atoms. The van der Waals surface area contributed by atoms with E-state index in [9.17, 15) is 0 Å². The second-order valence-electron chi connectivity index (χ2n) is 5.01. The van der Waals surface area contributed by atoms with Crippen LogP contribution in [0.1, 0.15) is 44.4 Å². The van der Waals surface area contributed by atoms with Crippen molar-refractivity contribution in [3.8, 4) is 0 Å². The summed E-state index contributed by atoms with van der Waals surface area (Å²) in [4.78, 5) is 0. The van der Waals surface area contributed by atoms with Crippen molar-refractivity contribution < 1.29 is 0 Å². The Labute approximate surface area is 143 Å². The zero-order chi connectivity index (χ0) is 17.7. The SMILES string of the molecule is CC.CC.Cc1ccc(C)cc1.Cc1ccc2ccccc2c1. The minimum atomic E-state index is 1.32. The molecule has 0 unspecified atom stereocenters. The molecule has 0 heterocycles. The Morgan fingerprint density at radius 2 is 0.826 bits per heavy atom. The summed E-state index contributed by atoms with van der Waals surface area (Å²) in [6.07, 6.45) is 0. The van der Waals surface area contributed by atoms with Crippen LogP contribution in [0.5, 0.6) is 0 Å². The lowest BCUT2D eigenvalue weighted by molar-refractivity contribution is 1.40. The second-order valence-corrected chi connectivity index (χ2v) is 5.01. The summed E-state index contributed by atoms with van der Waals surface area (Å²) in [6, 6.07) is 23.4. The Balaban J connectivity index is 0.000000358. The first kappa shape index (κ1) is 20.9. The van der Waals surface area contributed by atoms with E-state index in [2.05, 4.69) is 87.5 Å². The summed E-state index contributed by atoms with van der Waals surface area (Å²) in [5.74, 6) is 0. The van der Waals surface area contributed by atoms with Crippen LogP contribution in [0.2, 0.25) is 0 Å². The summed E-state index contributed by atoms with van der Waals surface area (Å²) in [5, 5.41) is 2.64. The minimum Gasteiger partial charge on any atom is -0.0683 e. The van der Waals surface area contributed by atoms with Crippen LogP contribution in [0.3, 0.4) is 0 Å². The highest BCUT2D eigenvalue weighted by Gasteiger charge is 1.89. The van der Waals surface area contributed by atoms with Crippen molar-refractivity contribution in [2.75, 3.05) is 0 Å². The number of hydrogen-bond donors (Lipinski definition) is 0. The van der Waals surface area contributed by atoms with Crippen molar-refractivity contribution in [1.29, 1.82) is 0 Å². The fourth-order valence-corrected chi connectivity index (χ4v) is 1.95. The van der Waals surface area contributed by atoms with E-state index in [0.29, 0.717) is 0 Å². The molecule has 0 amide bonds. The van der Waals surface area contributed by atoms with Crippen LogP contribution in [0.25, 0.3) is 10.8 Å². The molecule has 0 aliphatic rings. The molecule has 0 saturated heterocycles.